The van der Waals surface area contributed by atoms with Crippen molar-refractivity contribution in [2.45, 2.75) is 39.5 Å². The van der Waals surface area contributed by atoms with Crippen molar-refractivity contribution in [2.75, 3.05) is 0 Å². The molecule has 0 saturated carbocycles. The predicted octanol–water partition coefficient (Wildman–Crippen LogP) is 4.65. The van der Waals surface area contributed by atoms with Crippen LogP contribution in [0.1, 0.15) is 34.8 Å². The normalized spacial score (nSPS) is 12.0. The summed E-state index contributed by atoms with van der Waals surface area (Å²) in [7, 11) is 0. The fourth-order valence-electron chi connectivity index (χ4n) is 3.29. The van der Waals surface area contributed by atoms with Crippen LogP contribution in [0.25, 0.3) is 15.9 Å². The number of rotatable bonds is 5. The van der Waals surface area contributed by atoms with Gasteiger partial charge in [-0.2, -0.15) is 18.2 Å². The van der Waals surface area contributed by atoms with Gasteiger partial charge in [0.2, 0.25) is 0 Å². The van der Waals surface area contributed by atoms with E-state index in [1.54, 1.807) is 25.2 Å². The number of aromatic nitrogens is 4. The van der Waals surface area contributed by atoms with Crippen LogP contribution in [0.15, 0.2) is 29.6 Å². The number of esters is 1. The van der Waals surface area contributed by atoms with Gasteiger partial charge in [0, 0.05) is 28.1 Å². The van der Waals surface area contributed by atoms with Gasteiger partial charge < -0.3 is 4.74 Å². The highest BCUT2D eigenvalue weighted by molar-refractivity contribution is 7.17. The van der Waals surface area contributed by atoms with E-state index in [1.165, 1.54) is 0 Å². The van der Waals surface area contributed by atoms with E-state index in [0.29, 0.717) is 17.0 Å². The minimum Gasteiger partial charge on any atom is -0.461 e. The number of carbonyl (C=O) groups excluding carboxylic acids is 1. The van der Waals surface area contributed by atoms with Gasteiger partial charge in [-0.05, 0) is 42.7 Å². The van der Waals surface area contributed by atoms with Crippen molar-refractivity contribution in [3.63, 3.8) is 0 Å². The standard InChI is InChI=1S/C20H17F3N4O2S/c1-11-14(12(2)27-19(24-11)25-18(26-27)20(21,22)23)7-8-17(28)29-9-13-10-30-16-6-4-3-5-15(13)16/h3-6,10H,7-9H2,1-2H3. The Hall–Kier alpha value is -3.01. The first-order valence-corrected chi connectivity index (χ1v) is 10.0. The van der Waals surface area contributed by atoms with Crippen molar-refractivity contribution in [3.8, 4) is 0 Å². The Balaban J connectivity index is 1.45. The van der Waals surface area contributed by atoms with Gasteiger partial charge in [-0.3, -0.25) is 4.79 Å². The van der Waals surface area contributed by atoms with E-state index in [9.17, 15) is 18.0 Å². The molecule has 3 heterocycles. The quantitative estimate of drug-likeness (QED) is 0.428. The van der Waals surface area contributed by atoms with E-state index in [4.69, 9.17) is 4.74 Å². The molecule has 0 aliphatic heterocycles. The van der Waals surface area contributed by atoms with E-state index in [0.717, 1.165) is 20.2 Å². The zero-order valence-electron chi connectivity index (χ0n) is 16.2. The number of thiophene rings is 1. The molecule has 0 fully saturated rings. The molecule has 4 rings (SSSR count). The van der Waals surface area contributed by atoms with Crippen molar-refractivity contribution < 1.29 is 22.7 Å². The van der Waals surface area contributed by atoms with Gasteiger partial charge in [0.15, 0.2) is 0 Å². The van der Waals surface area contributed by atoms with E-state index in [-0.39, 0.29) is 25.2 Å². The van der Waals surface area contributed by atoms with Gasteiger partial charge in [0.25, 0.3) is 11.6 Å². The van der Waals surface area contributed by atoms with Crippen LogP contribution in [0, 0.1) is 13.8 Å². The van der Waals surface area contributed by atoms with Gasteiger partial charge >= 0.3 is 12.1 Å². The van der Waals surface area contributed by atoms with Crippen LogP contribution in [0.3, 0.4) is 0 Å². The molecule has 0 N–H and O–H groups in total. The van der Waals surface area contributed by atoms with Gasteiger partial charge in [0.05, 0.1) is 0 Å². The molecule has 4 aromatic rings. The molecule has 0 bridgehead atoms. The number of fused-ring (bicyclic) bond motifs is 2. The number of hydrogen-bond donors (Lipinski definition) is 0. The molecule has 10 heteroatoms. The zero-order valence-corrected chi connectivity index (χ0v) is 17.0. The third kappa shape index (κ3) is 3.87. The topological polar surface area (TPSA) is 69.4 Å². The average Bonchev–Trinajstić information content (AvgIpc) is 3.30. The number of hydrogen-bond acceptors (Lipinski definition) is 6. The summed E-state index contributed by atoms with van der Waals surface area (Å²) < 4.78 is 46.2. The Morgan fingerprint density at radius 1 is 1.20 bits per heavy atom. The second-order valence-corrected chi connectivity index (χ2v) is 7.74. The van der Waals surface area contributed by atoms with Gasteiger partial charge in [-0.15, -0.1) is 16.4 Å². The summed E-state index contributed by atoms with van der Waals surface area (Å²) >= 11 is 1.59. The molecule has 156 valence electrons. The second-order valence-electron chi connectivity index (χ2n) is 6.82. The highest BCUT2D eigenvalue weighted by Crippen LogP contribution is 2.28. The molecule has 30 heavy (non-hydrogen) atoms. The molecule has 0 radical (unpaired) electrons. The Bertz CT molecular complexity index is 1250. The Kier molecular flexibility index (Phi) is 5.19. The zero-order chi connectivity index (χ0) is 21.5. The molecule has 6 nitrogen and oxygen atoms in total. The highest BCUT2D eigenvalue weighted by Gasteiger charge is 2.37. The van der Waals surface area contributed by atoms with Gasteiger partial charge in [0.1, 0.15) is 6.61 Å². The van der Waals surface area contributed by atoms with Crippen molar-refractivity contribution in [1.82, 2.24) is 19.6 Å². The molecule has 0 atom stereocenters. The number of carbonyl (C=O) groups is 1. The minimum atomic E-state index is -4.65. The molecule has 0 spiro atoms. The van der Waals surface area contributed by atoms with Crippen LogP contribution in [0.5, 0.6) is 0 Å². The second kappa shape index (κ2) is 7.67. The monoisotopic (exact) mass is 434 g/mol. The lowest BCUT2D eigenvalue weighted by Gasteiger charge is -2.10. The summed E-state index contributed by atoms with van der Waals surface area (Å²) in [6.45, 7) is 3.48. The molecule has 3 aromatic heterocycles. The molecule has 0 unspecified atom stereocenters. The lowest BCUT2D eigenvalue weighted by molar-refractivity contribution is -0.145. The summed E-state index contributed by atoms with van der Waals surface area (Å²) in [5.74, 6) is -1.75. The fraction of sp³-hybridized carbons (Fsp3) is 0.300. The SMILES string of the molecule is Cc1nc2nc(C(F)(F)F)nn2c(C)c1CCC(=O)OCc1csc2ccccc12. The minimum absolute atomic E-state index is 0.0811. The van der Waals surface area contributed by atoms with Gasteiger partial charge in [-0.1, -0.05) is 18.2 Å². The first kappa shape index (κ1) is 20.3. The maximum absolute atomic E-state index is 12.9. The van der Waals surface area contributed by atoms with Crippen molar-refractivity contribution >= 4 is 33.2 Å². The summed E-state index contributed by atoms with van der Waals surface area (Å²) in [6.07, 6.45) is -4.29. The van der Waals surface area contributed by atoms with Crippen LogP contribution in [0.4, 0.5) is 13.2 Å². The maximum atomic E-state index is 12.9. The van der Waals surface area contributed by atoms with Crippen LogP contribution >= 0.6 is 11.3 Å². The number of halogens is 3. The largest absolute Gasteiger partial charge is 0.461 e. The number of nitrogens with zero attached hydrogens (tertiary/aromatic N) is 4. The number of benzene rings is 1. The number of ether oxygens (including phenoxy) is 1. The molecule has 0 aliphatic carbocycles. The molecule has 0 saturated heterocycles. The predicted molar refractivity (Wildman–Crippen MR) is 105 cm³/mol. The Morgan fingerprint density at radius 3 is 2.73 bits per heavy atom. The molecular weight excluding hydrogens is 417 g/mol. The van der Waals surface area contributed by atoms with E-state index in [1.807, 2.05) is 29.6 Å². The number of alkyl halides is 3. The molecule has 0 amide bonds. The summed E-state index contributed by atoms with van der Waals surface area (Å²) in [4.78, 5) is 19.8. The van der Waals surface area contributed by atoms with E-state index >= 15 is 0 Å². The number of aryl methyl sites for hydroxylation is 2. The fourth-order valence-corrected chi connectivity index (χ4v) is 4.24. The summed E-state index contributed by atoms with van der Waals surface area (Å²) in [6, 6.07) is 7.88. The molecular formula is C20H17F3N4O2S. The van der Waals surface area contributed by atoms with Gasteiger partial charge in [-0.25, -0.2) is 9.50 Å². The summed E-state index contributed by atoms with van der Waals surface area (Å²) in [5.41, 5.74) is 2.58. The van der Waals surface area contributed by atoms with Crippen LogP contribution < -0.4 is 0 Å². The summed E-state index contributed by atoms with van der Waals surface area (Å²) in [5, 5.41) is 6.54. The Labute approximate surface area is 173 Å². The lowest BCUT2D eigenvalue weighted by atomic mass is 10.1. The van der Waals surface area contributed by atoms with Crippen molar-refractivity contribution in [2.24, 2.45) is 0 Å². The smallest absolute Gasteiger partial charge is 0.453 e. The van der Waals surface area contributed by atoms with Crippen LogP contribution in [-0.4, -0.2) is 25.6 Å². The average molecular weight is 434 g/mol. The first-order chi connectivity index (χ1) is 14.2. The maximum Gasteiger partial charge on any atom is 0.453 e. The lowest BCUT2D eigenvalue weighted by Crippen LogP contribution is -2.11. The van der Waals surface area contributed by atoms with Crippen molar-refractivity contribution in [3.05, 3.63) is 58.0 Å². The molecule has 0 aliphatic rings. The van der Waals surface area contributed by atoms with Crippen LogP contribution in [0.2, 0.25) is 0 Å². The third-order valence-corrected chi connectivity index (χ3v) is 5.84. The first-order valence-electron chi connectivity index (χ1n) is 9.15. The molecule has 1 aromatic carbocycles. The highest BCUT2D eigenvalue weighted by atomic mass is 32.1. The van der Waals surface area contributed by atoms with E-state index in [2.05, 4.69) is 15.1 Å². The van der Waals surface area contributed by atoms with Crippen LogP contribution in [-0.2, 0) is 28.7 Å². The van der Waals surface area contributed by atoms with Crippen molar-refractivity contribution in [1.29, 1.82) is 0 Å². The van der Waals surface area contributed by atoms with E-state index < -0.39 is 18.0 Å². The third-order valence-electron chi connectivity index (χ3n) is 4.83. The Morgan fingerprint density at radius 2 is 1.97 bits per heavy atom.